The Balaban J connectivity index is 1.94. The minimum Gasteiger partial charge on any atom is -0.383 e. The summed E-state index contributed by atoms with van der Waals surface area (Å²) in [5, 5.41) is 4.17. The lowest BCUT2D eigenvalue weighted by atomic mass is 10.1. The Morgan fingerprint density at radius 3 is 2.75 bits per heavy atom. The van der Waals surface area contributed by atoms with Crippen molar-refractivity contribution in [1.82, 2.24) is 29.1 Å². The number of rotatable bonds is 9. The van der Waals surface area contributed by atoms with Gasteiger partial charge < -0.3 is 15.4 Å². The number of carbonyl (C=O) groups is 1. The number of fused-ring (bicyclic) bond motifs is 1. The number of hydrogen-bond acceptors (Lipinski definition) is 8. The molecule has 3 rings (SSSR count). The van der Waals surface area contributed by atoms with Gasteiger partial charge in [0.25, 0.3) is 11.3 Å². The van der Waals surface area contributed by atoms with Gasteiger partial charge in [-0.3, -0.25) is 19.1 Å². The van der Waals surface area contributed by atoms with Crippen molar-refractivity contribution in [3.63, 3.8) is 0 Å². The van der Waals surface area contributed by atoms with Crippen LogP contribution in [0, 0.1) is 13.8 Å². The van der Waals surface area contributed by atoms with Crippen molar-refractivity contribution in [2.45, 2.75) is 46.6 Å². The van der Waals surface area contributed by atoms with E-state index in [1.807, 2.05) is 20.8 Å². The van der Waals surface area contributed by atoms with Gasteiger partial charge in [-0.05, 0) is 32.3 Å². The second-order valence-corrected chi connectivity index (χ2v) is 7.42. The molecule has 0 saturated carbocycles. The van der Waals surface area contributed by atoms with Crippen LogP contribution in [0.4, 0.5) is 11.5 Å². The van der Waals surface area contributed by atoms with Crippen LogP contribution in [-0.4, -0.2) is 55.3 Å². The highest BCUT2D eigenvalue weighted by atomic mass is 16.5. The van der Waals surface area contributed by atoms with Crippen LogP contribution < -0.4 is 21.9 Å². The van der Waals surface area contributed by atoms with E-state index in [9.17, 15) is 14.4 Å². The van der Waals surface area contributed by atoms with Crippen LogP contribution in [0.15, 0.2) is 15.9 Å². The highest BCUT2D eigenvalue weighted by Gasteiger charge is 2.24. The maximum absolute atomic E-state index is 13.2. The number of aromatic nitrogens is 6. The van der Waals surface area contributed by atoms with Gasteiger partial charge in [0.2, 0.25) is 5.91 Å². The fourth-order valence-electron chi connectivity index (χ4n) is 3.71. The summed E-state index contributed by atoms with van der Waals surface area (Å²) in [5.41, 5.74) is 7.29. The summed E-state index contributed by atoms with van der Waals surface area (Å²) in [6, 6.07) is 0. The Hall–Kier alpha value is -3.54. The normalized spacial score (nSPS) is 11.2. The molecule has 0 spiro atoms. The highest BCUT2D eigenvalue weighted by Crippen LogP contribution is 2.20. The van der Waals surface area contributed by atoms with Crippen molar-refractivity contribution in [3.05, 3.63) is 44.1 Å². The van der Waals surface area contributed by atoms with Crippen molar-refractivity contribution in [3.8, 4) is 0 Å². The van der Waals surface area contributed by atoms with Crippen LogP contribution >= 0.6 is 0 Å². The van der Waals surface area contributed by atoms with Gasteiger partial charge in [0, 0.05) is 38.0 Å². The smallest absolute Gasteiger partial charge is 0.330 e. The summed E-state index contributed by atoms with van der Waals surface area (Å²) in [4.78, 5) is 50.1. The lowest BCUT2D eigenvalue weighted by molar-refractivity contribution is -0.118. The molecule has 3 N–H and O–H groups in total. The number of aryl methyl sites for hydroxylation is 2. The minimum absolute atomic E-state index is 0.0388. The summed E-state index contributed by atoms with van der Waals surface area (Å²) in [6.45, 7) is 6.26. The molecule has 12 nitrogen and oxygen atoms in total. The van der Waals surface area contributed by atoms with Gasteiger partial charge in [0.15, 0.2) is 5.69 Å². The first-order valence-electron chi connectivity index (χ1n) is 10.4. The molecule has 12 heteroatoms. The van der Waals surface area contributed by atoms with Crippen LogP contribution in [0.5, 0.6) is 0 Å². The molecule has 0 unspecified atom stereocenters. The standard InChI is InChI=1S/C20H28N8O4/c1-5-8-27-17(21)16(18(30)25-20(27)31)26(9-10-32-4)15(29)7-6-14-12(2)24-19-22-11-23-28(19)13(14)3/h11H,5-10,21H2,1-4H3,(H,25,30,31). The van der Waals surface area contributed by atoms with E-state index in [-0.39, 0.29) is 37.0 Å². The third-order valence-electron chi connectivity index (χ3n) is 5.33. The molecule has 0 saturated heterocycles. The number of nitrogens with two attached hydrogens (primary N) is 1. The lowest BCUT2D eigenvalue weighted by Gasteiger charge is -2.24. The predicted octanol–water partition coefficient (Wildman–Crippen LogP) is 0.196. The van der Waals surface area contributed by atoms with Crippen molar-refractivity contribution in [2.75, 3.05) is 30.9 Å². The molecule has 0 bridgehead atoms. The number of nitrogens with zero attached hydrogens (tertiary/aromatic N) is 6. The topological polar surface area (TPSA) is 153 Å². The molecule has 1 amide bonds. The van der Waals surface area contributed by atoms with Gasteiger partial charge in [-0.1, -0.05) is 6.92 Å². The van der Waals surface area contributed by atoms with Crippen molar-refractivity contribution >= 4 is 23.2 Å². The summed E-state index contributed by atoms with van der Waals surface area (Å²) in [5.74, 6) is 0.135. The third-order valence-corrected chi connectivity index (χ3v) is 5.33. The predicted molar refractivity (Wildman–Crippen MR) is 119 cm³/mol. The maximum atomic E-state index is 13.2. The maximum Gasteiger partial charge on any atom is 0.330 e. The molecule has 3 heterocycles. The molecule has 0 radical (unpaired) electrons. The number of methoxy groups -OCH3 is 1. The van der Waals surface area contributed by atoms with Gasteiger partial charge >= 0.3 is 5.69 Å². The number of hydrogen-bond donors (Lipinski definition) is 2. The average molecular weight is 444 g/mol. The van der Waals surface area contributed by atoms with E-state index in [1.165, 1.54) is 22.9 Å². The SMILES string of the molecule is CCCn1c(N)c(N(CCOC)C(=O)CCc2c(C)nc3ncnn3c2C)c(=O)[nH]c1=O. The molecule has 0 aromatic carbocycles. The zero-order valence-electron chi connectivity index (χ0n) is 18.7. The van der Waals surface area contributed by atoms with Crippen molar-refractivity contribution < 1.29 is 9.53 Å². The Bertz CT molecular complexity index is 1240. The van der Waals surface area contributed by atoms with Gasteiger partial charge in [-0.15, -0.1) is 0 Å². The zero-order valence-corrected chi connectivity index (χ0v) is 18.7. The fraction of sp³-hybridized carbons (Fsp3) is 0.500. The average Bonchev–Trinajstić information content (AvgIpc) is 3.21. The molecule has 0 aliphatic heterocycles. The molecular formula is C20H28N8O4. The van der Waals surface area contributed by atoms with Gasteiger partial charge in [0.1, 0.15) is 12.1 Å². The Morgan fingerprint density at radius 2 is 2.06 bits per heavy atom. The number of nitrogen functional groups attached to an aromatic ring is 1. The summed E-state index contributed by atoms with van der Waals surface area (Å²) in [6.07, 6.45) is 2.54. The van der Waals surface area contributed by atoms with E-state index >= 15 is 0 Å². The Morgan fingerprint density at radius 1 is 1.31 bits per heavy atom. The van der Waals surface area contributed by atoms with Crippen LogP contribution in [0.25, 0.3) is 5.78 Å². The lowest BCUT2D eigenvalue weighted by Crippen LogP contribution is -2.42. The molecule has 0 fully saturated rings. The number of aromatic amines is 1. The van der Waals surface area contributed by atoms with Crippen LogP contribution in [0.1, 0.15) is 36.7 Å². The quantitative estimate of drug-likeness (QED) is 0.474. The van der Waals surface area contributed by atoms with E-state index in [1.54, 1.807) is 4.52 Å². The molecule has 3 aromatic rings. The number of anilines is 2. The van der Waals surface area contributed by atoms with Crippen LogP contribution in [0.2, 0.25) is 0 Å². The monoisotopic (exact) mass is 444 g/mol. The first-order chi connectivity index (χ1) is 15.3. The largest absolute Gasteiger partial charge is 0.383 e. The number of amides is 1. The van der Waals surface area contributed by atoms with Crippen molar-refractivity contribution in [2.24, 2.45) is 0 Å². The van der Waals surface area contributed by atoms with Gasteiger partial charge in [-0.25, -0.2) is 14.3 Å². The van der Waals surface area contributed by atoms with Gasteiger partial charge in [-0.2, -0.15) is 10.1 Å². The first kappa shape index (κ1) is 23.1. The number of H-pyrrole nitrogens is 1. The molecule has 0 aliphatic carbocycles. The molecule has 0 atom stereocenters. The van der Waals surface area contributed by atoms with E-state index in [2.05, 4.69) is 20.1 Å². The third kappa shape index (κ3) is 4.40. The fourth-order valence-corrected chi connectivity index (χ4v) is 3.71. The second kappa shape index (κ2) is 9.73. The number of carbonyl (C=O) groups excluding carboxylic acids is 1. The Kier molecular flexibility index (Phi) is 7.03. The van der Waals surface area contributed by atoms with E-state index in [0.717, 1.165) is 17.0 Å². The molecule has 32 heavy (non-hydrogen) atoms. The van der Waals surface area contributed by atoms with Crippen molar-refractivity contribution in [1.29, 1.82) is 0 Å². The summed E-state index contributed by atoms with van der Waals surface area (Å²) in [7, 11) is 1.50. The second-order valence-electron chi connectivity index (χ2n) is 7.42. The summed E-state index contributed by atoms with van der Waals surface area (Å²) < 4.78 is 8.01. The van der Waals surface area contributed by atoms with Gasteiger partial charge in [0.05, 0.1) is 6.61 Å². The minimum atomic E-state index is -0.706. The number of ether oxygens (including phenoxy) is 1. The molecule has 3 aromatic heterocycles. The van der Waals surface area contributed by atoms with Crippen LogP contribution in [0.3, 0.4) is 0 Å². The molecule has 172 valence electrons. The highest BCUT2D eigenvalue weighted by molar-refractivity contribution is 5.95. The van der Waals surface area contributed by atoms with Crippen LogP contribution in [-0.2, 0) is 22.5 Å². The van der Waals surface area contributed by atoms with E-state index < -0.39 is 11.2 Å². The van der Waals surface area contributed by atoms with E-state index in [4.69, 9.17) is 10.5 Å². The first-order valence-corrected chi connectivity index (χ1v) is 10.4. The molecular weight excluding hydrogens is 416 g/mol. The summed E-state index contributed by atoms with van der Waals surface area (Å²) >= 11 is 0. The number of nitrogens with one attached hydrogen (secondary N) is 1. The van der Waals surface area contributed by atoms with E-state index in [0.29, 0.717) is 25.2 Å². The Labute approximate surface area is 184 Å². The zero-order chi connectivity index (χ0) is 23.4. The molecule has 0 aliphatic rings.